The summed E-state index contributed by atoms with van der Waals surface area (Å²) in [6, 6.07) is 11.1. The quantitative estimate of drug-likeness (QED) is 0.442. The fraction of sp³-hybridized carbons (Fsp3) is 0.304. The maximum Gasteiger partial charge on any atom is 0.257 e. The number of anilines is 1. The molecule has 10 heteroatoms. The Morgan fingerprint density at radius 3 is 2.42 bits per heavy atom. The molecule has 2 aromatic carbocycles. The van der Waals surface area contributed by atoms with Crippen LogP contribution in [0.5, 0.6) is 0 Å². The number of nitrogens with one attached hydrogen (secondary N) is 1. The molecule has 1 saturated heterocycles. The molecule has 4 rings (SSSR count). The minimum atomic E-state index is -3.60. The number of hydrogen-bond acceptors (Lipinski definition) is 5. The molecular weight excluding hydrogens is 501 g/mol. The Morgan fingerprint density at radius 1 is 1.09 bits per heavy atom. The lowest BCUT2D eigenvalue weighted by Gasteiger charge is -2.34. The van der Waals surface area contributed by atoms with E-state index in [-0.39, 0.29) is 10.8 Å². The van der Waals surface area contributed by atoms with E-state index in [1.807, 2.05) is 0 Å². The molecule has 3 aromatic rings. The highest BCUT2D eigenvalue weighted by atomic mass is 35.5. The molecule has 2 heterocycles. The van der Waals surface area contributed by atoms with Gasteiger partial charge in [0.25, 0.3) is 5.91 Å². The van der Waals surface area contributed by atoms with Crippen LogP contribution in [-0.2, 0) is 10.0 Å². The average Bonchev–Trinajstić information content (AvgIpc) is 3.23. The Balaban J connectivity index is 1.47. The molecule has 0 saturated carbocycles. The fourth-order valence-electron chi connectivity index (χ4n) is 4.05. The summed E-state index contributed by atoms with van der Waals surface area (Å²) in [4.78, 5) is 17.3. The van der Waals surface area contributed by atoms with Crippen molar-refractivity contribution in [1.29, 1.82) is 0 Å². The van der Waals surface area contributed by atoms with Crippen LogP contribution in [0.15, 0.2) is 52.7 Å². The van der Waals surface area contributed by atoms with Crippen LogP contribution in [0.1, 0.15) is 30.6 Å². The zero-order valence-electron chi connectivity index (χ0n) is 18.1. The van der Waals surface area contributed by atoms with Gasteiger partial charge in [-0.1, -0.05) is 37.0 Å². The van der Waals surface area contributed by atoms with E-state index in [2.05, 4.69) is 24.1 Å². The van der Waals surface area contributed by atoms with Gasteiger partial charge >= 0.3 is 0 Å². The van der Waals surface area contributed by atoms with Gasteiger partial charge in [0.1, 0.15) is 0 Å². The molecule has 1 aliphatic heterocycles. The van der Waals surface area contributed by atoms with Crippen molar-refractivity contribution in [1.82, 2.24) is 9.29 Å². The van der Waals surface area contributed by atoms with Gasteiger partial charge < -0.3 is 0 Å². The summed E-state index contributed by atoms with van der Waals surface area (Å²) >= 11 is 13.5. The molecule has 0 aliphatic carbocycles. The monoisotopic (exact) mass is 523 g/mol. The van der Waals surface area contributed by atoms with Gasteiger partial charge in [0.05, 0.1) is 15.6 Å². The van der Waals surface area contributed by atoms with E-state index in [0.29, 0.717) is 56.9 Å². The molecule has 2 atom stereocenters. The molecule has 33 heavy (non-hydrogen) atoms. The summed E-state index contributed by atoms with van der Waals surface area (Å²) < 4.78 is 27.6. The Bertz CT molecular complexity index is 1270. The highest BCUT2D eigenvalue weighted by molar-refractivity contribution is 7.89. The Kier molecular flexibility index (Phi) is 7.12. The maximum absolute atomic E-state index is 13.0. The second-order valence-electron chi connectivity index (χ2n) is 8.41. The van der Waals surface area contributed by atoms with Crippen molar-refractivity contribution < 1.29 is 13.2 Å². The number of aromatic nitrogens is 1. The number of piperidine rings is 1. The SMILES string of the molecule is CC1CC(C)CN(S(=O)(=O)c2ccc(C(=O)Nc3nc(-c4cc(Cl)ccc4Cl)cs3)cc2)C1. The second-order valence-corrected chi connectivity index (χ2v) is 12.0. The minimum absolute atomic E-state index is 0.187. The van der Waals surface area contributed by atoms with Crippen LogP contribution < -0.4 is 5.32 Å². The zero-order chi connectivity index (χ0) is 23.8. The third-order valence-corrected chi connectivity index (χ3v) is 8.69. The fourth-order valence-corrected chi connectivity index (χ4v) is 6.82. The molecule has 6 nitrogen and oxygen atoms in total. The molecule has 0 spiro atoms. The van der Waals surface area contributed by atoms with Crippen molar-refractivity contribution in [3.8, 4) is 11.3 Å². The molecule has 1 amide bonds. The predicted molar refractivity (Wildman–Crippen MR) is 134 cm³/mol. The van der Waals surface area contributed by atoms with Gasteiger partial charge in [-0.25, -0.2) is 13.4 Å². The summed E-state index contributed by atoms with van der Waals surface area (Å²) in [5, 5.41) is 5.98. The van der Waals surface area contributed by atoms with Crippen LogP contribution in [0.25, 0.3) is 11.3 Å². The number of benzene rings is 2. The number of carbonyl (C=O) groups excluding carboxylic acids is 1. The molecule has 2 unspecified atom stereocenters. The van der Waals surface area contributed by atoms with Crippen molar-refractivity contribution in [2.75, 3.05) is 18.4 Å². The summed E-state index contributed by atoms with van der Waals surface area (Å²) in [5.74, 6) is 0.259. The van der Waals surface area contributed by atoms with Crippen LogP contribution >= 0.6 is 34.5 Å². The van der Waals surface area contributed by atoms with Gasteiger partial charge in [-0.15, -0.1) is 11.3 Å². The summed E-state index contributed by atoms with van der Waals surface area (Å²) in [6.07, 6.45) is 1.02. The summed E-state index contributed by atoms with van der Waals surface area (Å²) in [5.41, 5.74) is 1.62. The lowest BCUT2D eigenvalue weighted by molar-refractivity contribution is 0.102. The number of carbonyl (C=O) groups is 1. The molecular formula is C23H23Cl2N3O3S2. The van der Waals surface area contributed by atoms with E-state index in [4.69, 9.17) is 23.2 Å². The number of hydrogen-bond donors (Lipinski definition) is 1. The van der Waals surface area contributed by atoms with E-state index in [9.17, 15) is 13.2 Å². The first-order valence-corrected chi connectivity index (χ1v) is 13.5. The normalized spacial score (nSPS) is 19.4. The van der Waals surface area contributed by atoms with E-state index >= 15 is 0 Å². The van der Waals surface area contributed by atoms with Crippen molar-refractivity contribution in [3.63, 3.8) is 0 Å². The molecule has 1 fully saturated rings. The first kappa shape index (κ1) is 24.2. The lowest BCUT2D eigenvalue weighted by Crippen LogP contribution is -2.42. The number of halogens is 2. The lowest BCUT2D eigenvalue weighted by atomic mass is 9.94. The van der Waals surface area contributed by atoms with E-state index in [1.54, 1.807) is 27.9 Å². The third-order valence-electron chi connectivity index (χ3n) is 5.52. The van der Waals surface area contributed by atoms with Gasteiger partial charge in [-0.2, -0.15) is 4.31 Å². The van der Waals surface area contributed by atoms with Crippen LogP contribution in [0, 0.1) is 11.8 Å². The number of rotatable bonds is 5. The van der Waals surface area contributed by atoms with E-state index in [1.165, 1.54) is 35.6 Å². The van der Waals surface area contributed by atoms with Crippen LogP contribution in [0.3, 0.4) is 0 Å². The molecule has 0 radical (unpaired) electrons. The van der Waals surface area contributed by atoms with Crippen molar-refractivity contribution in [2.24, 2.45) is 11.8 Å². The molecule has 1 aliphatic rings. The first-order chi connectivity index (χ1) is 15.6. The standard InChI is InChI=1S/C23H23Cl2N3O3S2/c1-14-9-15(2)12-28(11-14)33(30,31)18-6-3-16(4-7-18)22(29)27-23-26-21(13-32-23)19-10-17(24)5-8-20(19)25/h3-8,10,13-15H,9,11-12H2,1-2H3,(H,26,27,29). The largest absolute Gasteiger partial charge is 0.298 e. The number of thiazole rings is 1. The van der Waals surface area contributed by atoms with Crippen LogP contribution in [0.2, 0.25) is 10.0 Å². The number of sulfonamides is 1. The Hall–Kier alpha value is -1.97. The number of amides is 1. The number of nitrogens with zero attached hydrogens (tertiary/aromatic N) is 2. The molecule has 174 valence electrons. The zero-order valence-corrected chi connectivity index (χ0v) is 21.2. The highest BCUT2D eigenvalue weighted by Crippen LogP contribution is 2.33. The minimum Gasteiger partial charge on any atom is -0.298 e. The van der Waals surface area contributed by atoms with E-state index in [0.717, 1.165) is 6.42 Å². The maximum atomic E-state index is 13.0. The molecule has 0 bridgehead atoms. The van der Waals surface area contributed by atoms with Gasteiger partial charge in [-0.3, -0.25) is 10.1 Å². The average molecular weight is 524 g/mol. The Morgan fingerprint density at radius 2 is 1.76 bits per heavy atom. The highest BCUT2D eigenvalue weighted by Gasteiger charge is 2.31. The van der Waals surface area contributed by atoms with Crippen molar-refractivity contribution >= 4 is 55.6 Å². The Labute approximate surface area is 207 Å². The summed E-state index contributed by atoms with van der Waals surface area (Å²) in [6.45, 7) is 5.15. The predicted octanol–water partition coefficient (Wildman–Crippen LogP) is 6.04. The van der Waals surface area contributed by atoms with Crippen LogP contribution in [-0.4, -0.2) is 36.7 Å². The van der Waals surface area contributed by atoms with Gasteiger partial charge in [0, 0.05) is 34.6 Å². The third kappa shape index (κ3) is 5.41. The van der Waals surface area contributed by atoms with Crippen molar-refractivity contribution in [2.45, 2.75) is 25.2 Å². The smallest absolute Gasteiger partial charge is 0.257 e. The first-order valence-electron chi connectivity index (χ1n) is 10.5. The van der Waals surface area contributed by atoms with Gasteiger partial charge in [-0.05, 0) is 60.7 Å². The van der Waals surface area contributed by atoms with Crippen molar-refractivity contribution in [3.05, 3.63) is 63.5 Å². The molecule has 1 aromatic heterocycles. The van der Waals surface area contributed by atoms with Crippen LogP contribution in [0.4, 0.5) is 5.13 Å². The topological polar surface area (TPSA) is 79.4 Å². The molecule has 1 N–H and O–H groups in total. The summed E-state index contributed by atoms with van der Waals surface area (Å²) in [7, 11) is -3.60. The van der Waals surface area contributed by atoms with Gasteiger partial charge in [0.15, 0.2) is 5.13 Å². The van der Waals surface area contributed by atoms with Gasteiger partial charge in [0.2, 0.25) is 10.0 Å². The second kappa shape index (κ2) is 9.72. The van der Waals surface area contributed by atoms with E-state index < -0.39 is 10.0 Å².